The smallest absolute Gasteiger partial charge is 0.255 e. The van der Waals surface area contributed by atoms with E-state index < -0.39 is 6.04 Å². The molecule has 5 rings (SSSR count). The molecule has 4 aromatic rings. The zero-order chi connectivity index (χ0) is 20.5. The van der Waals surface area contributed by atoms with Crippen LogP contribution in [0.25, 0.3) is 11.1 Å². The zero-order valence-corrected chi connectivity index (χ0v) is 16.6. The molecule has 0 fully saturated rings. The van der Waals surface area contributed by atoms with Gasteiger partial charge in [0.15, 0.2) is 5.13 Å². The van der Waals surface area contributed by atoms with Crippen LogP contribution in [0.5, 0.6) is 0 Å². The molecule has 0 saturated heterocycles. The molecule has 0 spiro atoms. The summed E-state index contributed by atoms with van der Waals surface area (Å²) in [6, 6.07) is 14.4. The monoisotopic (exact) mass is 415 g/mol. The maximum Gasteiger partial charge on any atom is 0.255 e. The van der Waals surface area contributed by atoms with Gasteiger partial charge >= 0.3 is 0 Å². The van der Waals surface area contributed by atoms with E-state index in [1.807, 2.05) is 48.5 Å². The van der Waals surface area contributed by atoms with Gasteiger partial charge in [0.25, 0.3) is 11.8 Å². The molecule has 2 aromatic carbocycles. The predicted octanol–water partition coefficient (Wildman–Crippen LogP) is 3.87. The lowest BCUT2D eigenvalue weighted by atomic mass is 10.0. The lowest BCUT2D eigenvalue weighted by Crippen LogP contribution is -2.37. The third kappa shape index (κ3) is 3.27. The Hall–Kier alpha value is -3.78. The van der Waals surface area contributed by atoms with Crippen LogP contribution in [-0.2, 0) is 11.3 Å². The SMILES string of the molecule is O=C(Nc1nccs1)[C@@H](c1ccccc1)N1Cc2ccc(-c3cn[nH]c3)cc2C1=O. The minimum absolute atomic E-state index is 0.168. The van der Waals surface area contributed by atoms with E-state index in [9.17, 15) is 9.59 Å². The van der Waals surface area contributed by atoms with Gasteiger partial charge in [-0.2, -0.15) is 5.10 Å². The summed E-state index contributed by atoms with van der Waals surface area (Å²) in [5, 5.41) is 11.9. The van der Waals surface area contributed by atoms with Crippen molar-refractivity contribution >= 4 is 28.3 Å². The van der Waals surface area contributed by atoms with Gasteiger partial charge in [-0.15, -0.1) is 11.3 Å². The van der Waals surface area contributed by atoms with Crippen LogP contribution in [0.15, 0.2) is 72.5 Å². The third-order valence-electron chi connectivity index (χ3n) is 5.11. The molecule has 148 valence electrons. The van der Waals surface area contributed by atoms with E-state index in [-0.39, 0.29) is 11.8 Å². The van der Waals surface area contributed by atoms with Gasteiger partial charge in [-0.05, 0) is 22.8 Å². The number of aromatic nitrogens is 3. The van der Waals surface area contributed by atoms with Crippen LogP contribution in [0.1, 0.15) is 27.5 Å². The van der Waals surface area contributed by atoms with Crippen molar-refractivity contribution in [3.63, 3.8) is 0 Å². The molecule has 1 atom stereocenters. The Bertz CT molecular complexity index is 1190. The quantitative estimate of drug-likeness (QED) is 0.518. The highest BCUT2D eigenvalue weighted by atomic mass is 32.1. The van der Waals surface area contributed by atoms with Gasteiger partial charge in [-0.3, -0.25) is 20.0 Å². The first kappa shape index (κ1) is 18.3. The molecule has 0 unspecified atom stereocenters. The first-order valence-corrected chi connectivity index (χ1v) is 10.3. The van der Waals surface area contributed by atoms with Gasteiger partial charge < -0.3 is 4.90 Å². The number of aromatic amines is 1. The van der Waals surface area contributed by atoms with Gasteiger partial charge in [0.05, 0.1) is 6.20 Å². The fourth-order valence-electron chi connectivity index (χ4n) is 3.69. The number of fused-ring (bicyclic) bond motifs is 1. The molecule has 30 heavy (non-hydrogen) atoms. The molecule has 2 N–H and O–H groups in total. The molecular formula is C22H17N5O2S. The number of H-pyrrole nitrogens is 1. The second-order valence-corrected chi connectivity index (χ2v) is 7.83. The fourth-order valence-corrected chi connectivity index (χ4v) is 4.22. The Balaban J connectivity index is 1.49. The van der Waals surface area contributed by atoms with Crippen LogP contribution >= 0.6 is 11.3 Å². The second-order valence-electron chi connectivity index (χ2n) is 6.93. The van der Waals surface area contributed by atoms with E-state index in [0.717, 1.165) is 22.3 Å². The lowest BCUT2D eigenvalue weighted by molar-refractivity contribution is -0.120. The van der Waals surface area contributed by atoms with Crippen LogP contribution in [-0.4, -0.2) is 31.9 Å². The average molecular weight is 415 g/mol. The van der Waals surface area contributed by atoms with Crippen molar-refractivity contribution in [3.8, 4) is 11.1 Å². The Labute approximate surface area is 176 Å². The molecule has 0 bridgehead atoms. The summed E-state index contributed by atoms with van der Waals surface area (Å²) in [5.74, 6) is -0.453. The number of hydrogen-bond acceptors (Lipinski definition) is 5. The number of benzene rings is 2. The summed E-state index contributed by atoms with van der Waals surface area (Å²) in [7, 11) is 0. The first-order chi connectivity index (χ1) is 14.7. The van der Waals surface area contributed by atoms with Gasteiger partial charge in [-0.25, -0.2) is 4.98 Å². The molecule has 3 heterocycles. The van der Waals surface area contributed by atoms with Crippen molar-refractivity contribution in [2.45, 2.75) is 12.6 Å². The number of carbonyl (C=O) groups is 2. The summed E-state index contributed by atoms with van der Waals surface area (Å²) in [6.07, 6.45) is 5.13. The standard InChI is InChI=1S/C22H17N5O2S/c28-20(26-22-23-8-9-30-22)19(14-4-2-1-3-5-14)27-13-16-7-6-15(10-18(16)21(27)29)17-11-24-25-12-17/h1-12,19H,13H2,(H,24,25)(H,23,26,28)/t19-/m1/s1. The van der Waals surface area contributed by atoms with Crippen LogP contribution in [0.2, 0.25) is 0 Å². The average Bonchev–Trinajstić information content (AvgIpc) is 3.52. The van der Waals surface area contributed by atoms with Crippen LogP contribution in [0, 0.1) is 0 Å². The Morgan fingerprint density at radius 2 is 2.03 bits per heavy atom. The molecule has 0 aliphatic carbocycles. The normalized spacial score (nSPS) is 13.9. The largest absolute Gasteiger partial charge is 0.318 e. The molecule has 1 aliphatic heterocycles. The van der Waals surface area contributed by atoms with Crippen molar-refractivity contribution in [1.82, 2.24) is 20.1 Å². The van der Waals surface area contributed by atoms with Crippen LogP contribution in [0.4, 0.5) is 5.13 Å². The van der Waals surface area contributed by atoms with Gasteiger partial charge in [0.1, 0.15) is 6.04 Å². The number of nitrogens with one attached hydrogen (secondary N) is 2. The number of rotatable bonds is 5. The first-order valence-electron chi connectivity index (χ1n) is 9.39. The highest BCUT2D eigenvalue weighted by molar-refractivity contribution is 7.13. The number of thiazole rings is 1. The maximum absolute atomic E-state index is 13.3. The molecule has 1 aliphatic rings. The van der Waals surface area contributed by atoms with E-state index in [1.54, 1.807) is 28.9 Å². The van der Waals surface area contributed by atoms with Crippen molar-refractivity contribution in [2.75, 3.05) is 5.32 Å². The molecule has 0 radical (unpaired) electrons. The Kier molecular flexibility index (Phi) is 4.61. The summed E-state index contributed by atoms with van der Waals surface area (Å²) in [6.45, 7) is 0.366. The maximum atomic E-state index is 13.3. The third-order valence-corrected chi connectivity index (χ3v) is 5.80. The molecule has 2 aromatic heterocycles. The van der Waals surface area contributed by atoms with Crippen molar-refractivity contribution in [2.24, 2.45) is 0 Å². The van der Waals surface area contributed by atoms with Crippen LogP contribution in [0.3, 0.4) is 0 Å². The van der Waals surface area contributed by atoms with Crippen molar-refractivity contribution < 1.29 is 9.59 Å². The van der Waals surface area contributed by atoms with E-state index in [1.165, 1.54) is 11.3 Å². The molecular weight excluding hydrogens is 398 g/mol. The number of anilines is 1. The molecule has 2 amide bonds. The van der Waals surface area contributed by atoms with Gasteiger partial charge in [-0.1, -0.05) is 42.5 Å². The molecule has 8 heteroatoms. The summed E-state index contributed by atoms with van der Waals surface area (Å²) in [4.78, 5) is 32.3. The van der Waals surface area contributed by atoms with E-state index >= 15 is 0 Å². The van der Waals surface area contributed by atoms with Gasteiger partial charge in [0.2, 0.25) is 0 Å². The number of amides is 2. The predicted molar refractivity (Wildman–Crippen MR) is 114 cm³/mol. The van der Waals surface area contributed by atoms with Gasteiger partial charge in [0, 0.05) is 35.4 Å². The molecule has 7 nitrogen and oxygen atoms in total. The molecule has 0 saturated carbocycles. The number of carbonyl (C=O) groups excluding carboxylic acids is 2. The van der Waals surface area contributed by atoms with Crippen molar-refractivity contribution in [1.29, 1.82) is 0 Å². The van der Waals surface area contributed by atoms with Crippen molar-refractivity contribution in [3.05, 3.63) is 89.2 Å². The highest BCUT2D eigenvalue weighted by Crippen LogP contribution is 2.34. The van der Waals surface area contributed by atoms with E-state index in [2.05, 4.69) is 20.5 Å². The highest BCUT2D eigenvalue weighted by Gasteiger charge is 2.37. The van der Waals surface area contributed by atoms with E-state index in [4.69, 9.17) is 0 Å². The summed E-state index contributed by atoms with van der Waals surface area (Å²) < 4.78 is 0. The number of hydrogen-bond donors (Lipinski definition) is 2. The van der Waals surface area contributed by atoms with E-state index in [0.29, 0.717) is 17.2 Å². The zero-order valence-electron chi connectivity index (χ0n) is 15.8. The lowest BCUT2D eigenvalue weighted by Gasteiger charge is -2.27. The summed E-state index contributed by atoms with van der Waals surface area (Å²) >= 11 is 1.34. The minimum atomic E-state index is -0.757. The van der Waals surface area contributed by atoms with Crippen LogP contribution < -0.4 is 5.32 Å². The fraction of sp³-hybridized carbons (Fsp3) is 0.0909. The minimum Gasteiger partial charge on any atom is -0.318 e. The topological polar surface area (TPSA) is 91.0 Å². The Morgan fingerprint density at radius 3 is 2.77 bits per heavy atom. The Morgan fingerprint density at radius 1 is 1.17 bits per heavy atom. The second kappa shape index (κ2) is 7.57. The number of nitrogens with zero attached hydrogens (tertiary/aromatic N) is 3. The summed E-state index contributed by atoms with van der Waals surface area (Å²) in [5.41, 5.74) is 4.07.